The first kappa shape index (κ1) is 31.6. The Labute approximate surface area is 216 Å². The Balaban J connectivity index is 0.000000317. The van der Waals surface area contributed by atoms with Crippen molar-refractivity contribution in [3.63, 3.8) is 0 Å². The smallest absolute Gasteiger partial charge is 0.475 e. The largest absolute Gasteiger partial charge is 0.490 e. The number of aromatic nitrogens is 3. The van der Waals surface area contributed by atoms with Crippen LogP contribution >= 0.6 is 0 Å². The van der Waals surface area contributed by atoms with Gasteiger partial charge in [-0.05, 0) is 36.5 Å². The zero-order valence-electron chi connectivity index (χ0n) is 20.0. The van der Waals surface area contributed by atoms with Crippen molar-refractivity contribution in [1.29, 1.82) is 0 Å². The number of hydrogen-bond donors (Lipinski definition) is 2. The van der Waals surface area contributed by atoms with Gasteiger partial charge in [-0.3, -0.25) is 4.98 Å². The predicted octanol–water partition coefficient (Wildman–Crippen LogP) is 3.48. The molecule has 2 N–H and O–H groups in total. The molecule has 1 atom stereocenters. The summed E-state index contributed by atoms with van der Waals surface area (Å²) in [6, 6.07) is 3.93. The van der Waals surface area contributed by atoms with Gasteiger partial charge in [-0.1, -0.05) is 0 Å². The minimum atomic E-state index is -5.08. The number of halogens is 7. The SMILES string of the molecule is Fc1cnc(N2CC3(C2)OCCC3CCOCc2ccncc2)nc1.O=C(O)C(F)(F)F.O=C(O)C(F)(F)F. The van der Waals surface area contributed by atoms with E-state index in [1.54, 1.807) is 12.4 Å². The van der Waals surface area contributed by atoms with E-state index < -0.39 is 30.1 Å². The van der Waals surface area contributed by atoms with E-state index in [9.17, 15) is 30.7 Å². The van der Waals surface area contributed by atoms with Crippen LogP contribution in [0.2, 0.25) is 0 Å². The molecule has 0 radical (unpaired) electrons. The summed E-state index contributed by atoms with van der Waals surface area (Å²) < 4.78 is 88.3. The highest BCUT2D eigenvalue weighted by Crippen LogP contribution is 2.42. The number of rotatable bonds is 6. The first-order valence-electron chi connectivity index (χ1n) is 11.1. The summed E-state index contributed by atoms with van der Waals surface area (Å²) in [7, 11) is 0. The predicted molar refractivity (Wildman–Crippen MR) is 117 cm³/mol. The van der Waals surface area contributed by atoms with Gasteiger partial charge in [0.15, 0.2) is 5.82 Å². The van der Waals surface area contributed by atoms with Gasteiger partial charge < -0.3 is 24.6 Å². The number of carboxylic acids is 2. The first-order valence-corrected chi connectivity index (χ1v) is 11.1. The molecule has 4 rings (SSSR count). The van der Waals surface area contributed by atoms with Crippen molar-refractivity contribution < 1.29 is 60.0 Å². The molecule has 2 aliphatic heterocycles. The van der Waals surface area contributed by atoms with Gasteiger partial charge in [-0.15, -0.1) is 0 Å². The summed E-state index contributed by atoms with van der Waals surface area (Å²) in [5.74, 6) is -4.89. The van der Waals surface area contributed by atoms with Crippen molar-refractivity contribution in [2.24, 2.45) is 5.92 Å². The molecule has 1 spiro atoms. The lowest BCUT2D eigenvalue weighted by molar-refractivity contribution is -0.193. The molecule has 0 aliphatic carbocycles. The number of carboxylic acid groups (broad SMARTS) is 2. The lowest BCUT2D eigenvalue weighted by Crippen LogP contribution is -2.65. The maximum Gasteiger partial charge on any atom is 0.490 e. The second-order valence-corrected chi connectivity index (χ2v) is 8.26. The average Bonchev–Trinajstić information content (AvgIpc) is 3.26. The summed E-state index contributed by atoms with van der Waals surface area (Å²) in [5, 5.41) is 14.2. The van der Waals surface area contributed by atoms with Crippen molar-refractivity contribution in [3.05, 3.63) is 48.3 Å². The van der Waals surface area contributed by atoms with E-state index in [-0.39, 0.29) is 5.60 Å². The van der Waals surface area contributed by atoms with Gasteiger partial charge in [0, 0.05) is 25.6 Å². The molecule has 2 aliphatic rings. The average molecular weight is 572 g/mol. The number of carbonyl (C=O) groups is 2. The lowest BCUT2D eigenvalue weighted by atomic mass is 9.79. The van der Waals surface area contributed by atoms with Crippen molar-refractivity contribution >= 4 is 17.9 Å². The standard InChI is InChI=1S/C18H21FN4O2.2C2HF3O2/c19-16-9-21-17(22-10-16)23-12-18(13-23)15(4-8-25-18)3-7-24-11-14-1-5-20-6-2-14;2*3-2(4,5)1(6)7/h1-2,5-6,9-10,15H,3-4,7-8,11-13H2;2*(H,6,7). The van der Waals surface area contributed by atoms with E-state index >= 15 is 0 Å². The van der Waals surface area contributed by atoms with Crippen molar-refractivity contribution in [2.75, 3.05) is 31.2 Å². The Kier molecular flexibility index (Phi) is 10.9. The van der Waals surface area contributed by atoms with Crippen LogP contribution < -0.4 is 4.90 Å². The quantitative estimate of drug-likeness (QED) is 0.391. The third kappa shape index (κ3) is 9.90. The fourth-order valence-corrected chi connectivity index (χ4v) is 3.65. The topological polar surface area (TPSA) is 135 Å². The van der Waals surface area contributed by atoms with Gasteiger partial charge in [0.05, 0.1) is 32.1 Å². The molecule has 2 aromatic heterocycles. The minimum Gasteiger partial charge on any atom is -0.475 e. The van der Waals surface area contributed by atoms with Gasteiger partial charge >= 0.3 is 24.3 Å². The summed E-state index contributed by atoms with van der Waals surface area (Å²) in [5.41, 5.74) is 1.01. The van der Waals surface area contributed by atoms with Crippen LogP contribution in [-0.4, -0.2) is 81.4 Å². The Bertz CT molecular complexity index is 1040. The number of anilines is 1. The molecular formula is C22H23F7N4O6. The van der Waals surface area contributed by atoms with Crippen LogP contribution in [0.5, 0.6) is 0 Å². The summed E-state index contributed by atoms with van der Waals surface area (Å²) >= 11 is 0. The highest BCUT2D eigenvalue weighted by atomic mass is 19.4. The third-order valence-corrected chi connectivity index (χ3v) is 5.52. The molecule has 0 saturated carbocycles. The zero-order chi connectivity index (χ0) is 29.3. The molecule has 0 bridgehead atoms. The third-order valence-electron chi connectivity index (χ3n) is 5.52. The number of pyridine rings is 1. The lowest BCUT2D eigenvalue weighted by Gasteiger charge is -2.50. The fraction of sp³-hybridized carbons (Fsp3) is 0.500. The number of ether oxygens (including phenoxy) is 2. The van der Waals surface area contributed by atoms with E-state index in [0.29, 0.717) is 25.1 Å². The van der Waals surface area contributed by atoms with Gasteiger partial charge in [-0.25, -0.2) is 23.9 Å². The van der Waals surface area contributed by atoms with Crippen molar-refractivity contribution in [1.82, 2.24) is 15.0 Å². The van der Waals surface area contributed by atoms with E-state index in [0.717, 1.165) is 38.1 Å². The zero-order valence-corrected chi connectivity index (χ0v) is 20.0. The normalized spacial score (nSPS) is 17.8. The highest BCUT2D eigenvalue weighted by molar-refractivity contribution is 5.73. The molecule has 17 heteroatoms. The fourth-order valence-electron chi connectivity index (χ4n) is 3.65. The summed E-state index contributed by atoms with van der Waals surface area (Å²) in [6.07, 6.45) is -2.18. The molecule has 2 fully saturated rings. The Morgan fingerprint density at radius 2 is 1.54 bits per heavy atom. The van der Waals surface area contributed by atoms with Crippen LogP contribution in [0, 0.1) is 11.7 Å². The van der Waals surface area contributed by atoms with Gasteiger partial charge in [0.25, 0.3) is 0 Å². The Morgan fingerprint density at radius 1 is 1.03 bits per heavy atom. The molecular weight excluding hydrogens is 549 g/mol. The van der Waals surface area contributed by atoms with Gasteiger partial charge in [0.1, 0.15) is 5.60 Å². The molecule has 10 nitrogen and oxygen atoms in total. The van der Waals surface area contributed by atoms with Crippen LogP contribution in [-0.2, 0) is 25.7 Å². The molecule has 1 unspecified atom stereocenters. The van der Waals surface area contributed by atoms with E-state index in [1.165, 1.54) is 12.4 Å². The van der Waals surface area contributed by atoms with E-state index in [4.69, 9.17) is 29.3 Å². The Hall–Kier alpha value is -3.60. The van der Waals surface area contributed by atoms with Crippen LogP contribution in [0.15, 0.2) is 36.9 Å². The number of alkyl halides is 6. The number of hydrogen-bond acceptors (Lipinski definition) is 8. The van der Waals surface area contributed by atoms with Crippen LogP contribution in [0.1, 0.15) is 18.4 Å². The molecule has 2 saturated heterocycles. The molecule has 0 amide bonds. The van der Waals surface area contributed by atoms with Crippen molar-refractivity contribution in [3.8, 4) is 0 Å². The maximum absolute atomic E-state index is 12.9. The minimum absolute atomic E-state index is 0.127. The summed E-state index contributed by atoms with van der Waals surface area (Å²) in [6.45, 7) is 3.62. The number of aliphatic carboxylic acids is 2. The highest BCUT2D eigenvalue weighted by Gasteiger charge is 2.53. The number of nitrogens with zero attached hydrogens (tertiary/aromatic N) is 4. The van der Waals surface area contributed by atoms with E-state index in [1.807, 2.05) is 17.0 Å². The maximum atomic E-state index is 12.9. The molecule has 2 aromatic rings. The molecule has 39 heavy (non-hydrogen) atoms. The summed E-state index contributed by atoms with van der Waals surface area (Å²) in [4.78, 5) is 31.9. The second kappa shape index (κ2) is 13.5. The monoisotopic (exact) mass is 572 g/mol. The Morgan fingerprint density at radius 3 is 2.03 bits per heavy atom. The second-order valence-electron chi connectivity index (χ2n) is 8.26. The molecule has 0 aromatic carbocycles. The van der Waals surface area contributed by atoms with E-state index in [2.05, 4.69) is 15.0 Å². The van der Waals surface area contributed by atoms with Crippen LogP contribution in [0.3, 0.4) is 0 Å². The molecule has 4 heterocycles. The van der Waals surface area contributed by atoms with Gasteiger partial charge in [0.2, 0.25) is 5.95 Å². The molecule has 216 valence electrons. The van der Waals surface area contributed by atoms with Crippen molar-refractivity contribution in [2.45, 2.75) is 37.4 Å². The van der Waals surface area contributed by atoms with Crippen LogP contribution in [0.25, 0.3) is 0 Å². The first-order chi connectivity index (χ1) is 18.1. The van der Waals surface area contributed by atoms with Crippen LogP contribution in [0.4, 0.5) is 36.7 Å². The van der Waals surface area contributed by atoms with Gasteiger partial charge in [-0.2, -0.15) is 26.3 Å².